The molecule has 0 spiro atoms. The van der Waals surface area contributed by atoms with E-state index in [2.05, 4.69) is 4.37 Å². The average molecular weight is 156 g/mol. The Balaban J connectivity index is 3.05. The van der Waals surface area contributed by atoms with E-state index in [0.717, 1.165) is 5.69 Å². The smallest absolute Gasteiger partial charge is 0.0764 e. The summed E-state index contributed by atoms with van der Waals surface area (Å²) in [5.74, 6) is 0. The molecular weight excluding hydrogens is 144 g/mol. The van der Waals surface area contributed by atoms with Crippen molar-refractivity contribution in [2.45, 2.75) is 26.3 Å². The molecule has 0 aliphatic carbocycles. The Labute approximate surface area is 65.2 Å². The molecule has 1 rings (SSSR count). The third kappa shape index (κ3) is 1.36. The molecule has 0 bridgehead atoms. The summed E-state index contributed by atoms with van der Waals surface area (Å²) in [6, 6.07) is 0. The summed E-state index contributed by atoms with van der Waals surface area (Å²) in [6.07, 6.45) is 0. The fourth-order valence-corrected chi connectivity index (χ4v) is 1.72. The zero-order valence-electron chi connectivity index (χ0n) is 6.51. The van der Waals surface area contributed by atoms with Crippen LogP contribution in [0.4, 0.5) is 0 Å². The molecule has 0 unspecified atom stereocenters. The Morgan fingerprint density at radius 2 is 2.20 bits per heavy atom. The molecule has 2 nitrogen and oxygen atoms in total. The van der Waals surface area contributed by atoms with Gasteiger partial charge in [0.1, 0.15) is 0 Å². The molecule has 56 valence electrons. The van der Waals surface area contributed by atoms with E-state index >= 15 is 0 Å². The molecule has 0 fully saturated rings. The molecule has 3 heteroatoms. The molecule has 0 radical (unpaired) electrons. The Kier molecular flexibility index (Phi) is 1.79. The maximum atomic E-state index is 5.85. The van der Waals surface area contributed by atoms with Gasteiger partial charge in [-0.3, -0.25) is 0 Å². The standard InChI is InChI=1S/C7H12N2S/c1-5-4-10-9-6(5)7(2,3)8/h4H,8H2,1-3H3. The van der Waals surface area contributed by atoms with Crippen LogP contribution >= 0.6 is 11.5 Å². The Morgan fingerprint density at radius 1 is 1.60 bits per heavy atom. The lowest BCUT2D eigenvalue weighted by Crippen LogP contribution is -2.29. The minimum Gasteiger partial charge on any atom is -0.321 e. The van der Waals surface area contributed by atoms with Crippen molar-refractivity contribution < 1.29 is 0 Å². The SMILES string of the molecule is Cc1csnc1C(C)(C)N. The second-order valence-electron chi connectivity index (χ2n) is 3.07. The normalized spacial score (nSPS) is 12.0. The van der Waals surface area contributed by atoms with Gasteiger partial charge in [-0.15, -0.1) is 0 Å². The topological polar surface area (TPSA) is 38.9 Å². The molecule has 1 aromatic rings. The molecule has 0 saturated heterocycles. The minimum absolute atomic E-state index is 0.288. The first kappa shape index (κ1) is 7.69. The van der Waals surface area contributed by atoms with E-state index in [1.54, 1.807) is 0 Å². The third-order valence-electron chi connectivity index (χ3n) is 1.36. The predicted octanol–water partition coefficient (Wildman–Crippen LogP) is 1.65. The van der Waals surface area contributed by atoms with E-state index in [0.29, 0.717) is 0 Å². The van der Waals surface area contributed by atoms with Gasteiger partial charge in [0.05, 0.1) is 11.2 Å². The van der Waals surface area contributed by atoms with E-state index in [9.17, 15) is 0 Å². The molecule has 0 atom stereocenters. The number of hydrogen-bond donors (Lipinski definition) is 1. The first-order valence-corrected chi connectivity index (χ1v) is 4.06. The average Bonchev–Trinajstić information content (AvgIpc) is 2.11. The highest BCUT2D eigenvalue weighted by Gasteiger charge is 2.18. The van der Waals surface area contributed by atoms with Crippen LogP contribution in [-0.4, -0.2) is 4.37 Å². The molecule has 1 heterocycles. The molecule has 10 heavy (non-hydrogen) atoms. The van der Waals surface area contributed by atoms with E-state index < -0.39 is 0 Å². The van der Waals surface area contributed by atoms with Gasteiger partial charge in [-0.25, -0.2) is 0 Å². The highest BCUT2D eigenvalue weighted by Crippen LogP contribution is 2.20. The fraction of sp³-hybridized carbons (Fsp3) is 0.571. The monoisotopic (exact) mass is 156 g/mol. The second-order valence-corrected chi connectivity index (χ2v) is 3.70. The van der Waals surface area contributed by atoms with Crippen LogP contribution < -0.4 is 5.73 Å². The number of hydrogen-bond acceptors (Lipinski definition) is 3. The highest BCUT2D eigenvalue weighted by atomic mass is 32.1. The van der Waals surface area contributed by atoms with E-state index in [-0.39, 0.29) is 5.54 Å². The molecule has 0 aliphatic rings. The van der Waals surface area contributed by atoms with Crippen LogP contribution in [0.1, 0.15) is 25.1 Å². The Morgan fingerprint density at radius 3 is 2.40 bits per heavy atom. The summed E-state index contributed by atoms with van der Waals surface area (Å²) in [5.41, 5.74) is 7.76. The van der Waals surface area contributed by atoms with E-state index in [1.807, 2.05) is 26.2 Å². The molecule has 0 aliphatic heterocycles. The van der Waals surface area contributed by atoms with Crippen molar-refractivity contribution >= 4 is 11.5 Å². The largest absolute Gasteiger partial charge is 0.321 e. The van der Waals surface area contributed by atoms with Gasteiger partial charge in [0.15, 0.2) is 0 Å². The van der Waals surface area contributed by atoms with E-state index in [4.69, 9.17) is 5.73 Å². The van der Waals surface area contributed by atoms with Gasteiger partial charge in [-0.2, -0.15) is 4.37 Å². The van der Waals surface area contributed by atoms with Crippen molar-refractivity contribution in [1.82, 2.24) is 4.37 Å². The van der Waals surface area contributed by atoms with Crippen molar-refractivity contribution in [2.24, 2.45) is 5.73 Å². The lowest BCUT2D eigenvalue weighted by Gasteiger charge is -2.16. The first-order valence-electron chi connectivity index (χ1n) is 3.22. The highest BCUT2D eigenvalue weighted by molar-refractivity contribution is 7.03. The molecule has 1 aromatic heterocycles. The molecule has 0 saturated carbocycles. The fourth-order valence-electron chi connectivity index (χ4n) is 0.912. The lowest BCUT2D eigenvalue weighted by atomic mass is 10.00. The van der Waals surface area contributed by atoms with Gasteiger partial charge in [0.2, 0.25) is 0 Å². The van der Waals surface area contributed by atoms with Crippen molar-refractivity contribution in [3.05, 3.63) is 16.6 Å². The van der Waals surface area contributed by atoms with Crippen LogP contribution in [0.2, 0.25) is 0 Å². The van der Waals surface area contributed by atoms with Gasteiger partial charge in [-0.05, 0) is 37.9 Å². The molecule has 0 aromatic carbocycles. The molecular formula is C7H12N2S. The summed E-state index contributed by atoms with van der Waals surface area (Å²) in [6.45, 7) is 5.97. The molecule has 0 amide bonds. The lowest BCUT2D eigenvalue weighted by molar-refractivity contribution is 0.538. The van der Waals surface area contributed by atoms with Crippen LogP contribution in [0.25, 0.3) is 0 Å². The summed E-state index contributed by atoms with van der Waals surface area (Å²) < 4.78 is 4.20. The van der Waals surface area contributed by atoms with Crippen LogP contribution in [0.3, 0.4) is 0 Å². The van der Waals surface area contributed by atoms with Crippen molar-refractivity contribution in [2.75, 3.05) is 0 Å². The third-order valence-corrected chi connectivity index (χ3v) is 2.10. The number of aryl methyl sites for hydroxylation is 1. The maximum absolute atomic E-state index is 5.85. The zero-order valence-corrected chi connectivity index (χ0v) is 7.33. The first-order chi connectivity index (χ1) is 4.52. The Bertz CT molecular complexity index is 222. The van der Waals surface area contributed by atoms with Gasteiger partial charge in [-0.1, -0.05) is 0 Å². The predicted molar refractivity (Wildman–Crippen MR) is 44.1 cm³/mol. The van der Waals surface area contributed by atoms with Crippen LogP contribution in [-0.2, 0) is 5.54 Å². The van der Waals surface area contributed by atoms with Crippen molar-refractivity contribution in [3.8, 4) is 0 Å². The second kappa shape index (κ2) is 2.32. The van der Waals surface area contributed by atoms with Crippen LogP contribution in [0, 0.1) is 6.92 Å². The summed E-state index contributed by atoms with van der Waals surface area (Å²) in [4.78, 5) is 0. The van der Waals surface area contributed by atoms with Gasteiger partial charge in [0, 0.05) is 5.38 Å². The van der Waals surface area contributed by atoms with Crippen molar-refractivity contribution in [3.63, 3.8) is 0 Å². The summed E-state index contributed by atoms with van der Waals surface area (Å²) >= 11 is 1.46. The Hall–Kier alpha value is -0.410. The minimum atomic E-state index is -0.288. The van der Waals surface area contributed by atoms with Gasteiger partial charge >= 0.3 is 0 Å². The number of nitrogens with zero attached hydrogens (tertiary/aromatic N) is 1. The number of aromatic nitrogens is 1. The zero-order chi connectivity index (χ0) is 7.78. The van der Waals surface area contributed by atoms with E-state index in [1.165, 1.54) is 17.1 Å². The number of rotatable bonds is 1. The van der Waals surface area contributed by atoms with Crippen molar-refractivity contribution in [1.29, 1.82) is 0 Å². The van der Waals surface area contributed by atoms with Crippen LogP contribution in [0.15, 0.2) is 5.38 Å². The quantitative estimate of drug-likeness (QED) is 0.671. The molecule has 2 N–H and O–H groups in total. The maximum Gasteiger partial charge on any atom is 0.0764 e. The van der Waals surface area contributed by atoms with Gasteiger partial charge < -0.3 is 5.73 Å². The van der Waals surface area contributed by atoms with Gasteiger partial charge in [0.25, 0.3) is 0 Å². The van der Waals surface area contributed by atoms with Crippen LogP contribution in [0.5, 0.6) is 0 Å². The number of nitrogens with two attached hydrogens (primary N) is 1. The summed E-state index contributed by atoms with van der Waals surface area (Å²) in [5, 5.41) is 2.02. The summed E-state index contributed by atoms with van der Waals surface area (Å²) in [7, 11) is 0.